The first-order valence-corrected chi connectivity index (χ1v) is 8.58. The molecule has 3 nitrogen and oxygen atoms in total. The van der Waals surface area contributed by atoms with Crippen LogP contribution in [0, 0.1) is 11.3 Å². The van der Waals surface area contributed by atoms with Crippen molar-refractivity contribution in [2.45, 2.75) is 39.3 Å². The lowest BCUT2D eigenvalue weighted by molar-refractivity contribution is -0.217. The van der Waals surface area contributed by atoms with Crippen LogP contribution in [0.1, 0.15) is 32.3 Å². The minimum atomic E-state index is -4.21. The Morgan fingerprint density at radius 2 is 2.04 bits per heavy atom. The van der Waals surface area contributed by atoms with E-state index in [-0.39, 0.29) is 25.4 Å². The van der Waals surface area contributed by atoms with Gasteiger partial charge >= 0.3 is 6.18 Å². The van der Waals surface area contributed by atoms with Crippen LogP contribution in [0.15, 0.2) is 30.5 Å². The molecule has 1 fully saturated rings. The number of hydrogen-bond donors (Lipinski definition) is 1. The van der Waals surface area contributed by atoms with Gasteiger partial charge in [-0.15, -0.1) is 0 Å². The van der Waals surface area contributed by atoms with E-state index >= 15 is 0 Å². The number of para-hydroxylation sites is 1. The van der Waals surface area contributed by atoms with E-state index in [1.54, 1.807) is 18.7 Å². The zero-order valence-electron chi connectivity index (χ0n) is 14.5. The highest BCUT2D eigenvalue weighted by Crippen LogP contribution is 2.45. The van der Waals surface area contributed by atoms with Gasteiger partial charge in [-0.3, -0.25) is 4.79 Å². The Labute approximate surface area is 145 Å². The van der Waals surface area contributed by atoms with Gasteiger partial charge in [-0.05, 0) is 29.9 Å². The van der Waals surface area contributed by atoms with Crippen molar-refractivity contribution in [2.24, 2.45) is 11.3 Å². The monoisotopic (exact) mass is 352 g/mol. The molecular weight excluding hydrogens is 329 g/mol. The topological polar surface area (TPSA) is 36.1 Å². The lowest BCUT2D eigenvalue weighted by Crippen LogP contribution is -2.52. The second kappa shape index (κ2) is 6.39. The Morgan fingerprint density at radius 1 is 1.32 bits per heavy atom. The molecule has 0 bridgehead atoms. The van der Waals surface area contributed by atoms with E-state index in [4.69, 9.17) is 0 Å². The maximum atomic E-state index is 13.1. The highest BCUT2D eigenvalue weighted by atomic mass is 19.4. The number of hydrogen-bond acceptors (Lipinski definition) is 1. The molecule has 0 spiro atoms. The number of nitrogens with zero attached hydrogens (tertiary/aromatic N) is 1. The smallest absolute Gasteiger partial charge is 0.361 e. The number of fused-ring (bicyclic) bond motifs is 1. The number of amides is 1. The number of benzene rings is 1. The van der Waals surface area contributed by atoms with E-state index in [1.807, 2.05) is 30.5 Å². The van der Waals surface area contributed by atoms with Gasteiger partial charge in [0.15, 0.2) is 0 Å². The van der Waals surface area contributed by atoms with Crippen LogP contribution in [0.3, 0.4) is 0 Å². The molecule has 1 aromatic heterocycles. The Kier molecular flexibility index (Phi) is 4.56. The molecule has 2 heterocycles. The lowest BCUT2D eigenvalue weighted by atomic mass is 9.73. The number of alkyl halides is 3. The number of aromatic nitrogens is 1. The molecule has 1 aliphatic heterocycles. The molecule has 1 amide bonds. The molecule has 136 valence electrons. The zero-order valence-corrected chi connectivity index (χ0v) is 14.5. The molecular formula is C19H23F3N2O. The summed E-state index contributed by atoms with van der Waals surface area (Å²) in [5.41, 5.74) is 1.14. The first-order valence-electron chi connectivity index (χ1n) is 8.58. The molecule has 1 atom stereocenters. The molecule has 2 aromatic rings. The number of piperidine rings is 1. The van der Waals surface area contributed by atoms with Gasteiger partial charge in [0, 0.05) is 36.6 Å². The molecule has 25 heavy (non-hydrogen) atoms. The van der Waals surface area contributed by atoms with E-state index in [9.17, 15) is 18.0 Å². The summed E-state index contributed by atoms with van der Waals surface area (Å²) in [5.74, 6) is -1.42. The average Bonchev–Trinajstić information content (AvgIpc) is 2.93. The van der Waals surface area contributed by atoms with Gasteiger partial charge in [-0.2, -0.15) is 13.2 Å². The molecule has 3 rings (SSSR count). The van der Waals surface area contributed by atoms with E-state index in [0.29, 0.717) is 12.8 Å². The third-order valence-electron chi connectivity index (χ3n) is 5.26. The number of nitrogens with one attached hydrogen (secondary N) is 1. The Bertz CT molecular complexity index is 763. The molecule has 1 N–H and O–H groups in total. The van der Waals surface area contributed by atoms with Crippen LogP contribution < -0.4 is 0 Å². The standard InChI is InChI=1S/C19H23F3N2O/c1-18(2)12-24(10-9-16(18)19(20,21)22)17(25)8-7-13-11-23-15-6-4-3-5-14(13)15/h3-6,11,16,23H,7-10,12H2,1-2H3. The number of aryl methyl sites for hydroxylation is 1. The summed E-state index contributed by atoms with van der Waals surface area (Å²) >= 11 is 0. The molecule has 1 aliphatic rings. The first kappa shape index (κ1) is 17.8. The number of H-pyrrole nitrogens is 1. The van der Waals surface area contributed by atoms with Crippen molar-refractivity contribution >= 4 is 16.8 Å². The zero-order chi connectivity index (χ0) is 18.2. The van der Waals surface area contributed by atoms with Crippen molar-refractivity contribution < 1.29 is 18.0 Å². The van der Waals surface area contributed by atoms with Crippen molar-refractivity contribution in [1.29, 1.82) is 0 Å². The average molecular weight is 352 g/mol. The SMILES string of the molecule is CC1(C)CN(C(=O)CCc2c[nH]c3ccccc23)CCC1C(F)(F)F. The summed E-state index contributed by atoms with van der Waals surface area (Å²) in [4.78, 5) is 17.3. The van der Waals surface area contributed by atoms with E-state index in [2.05, 4.69) is 4.98 Å². The third kappa shape index (κ3) is 3.67. The van der Waals surface area contributed by atoms with Crippen molar-refractivity contribution in [1.82, 2.24) is 9.88 Å². The Hall–Kier alpha value is -1.98. The maximum absolute atomic E-state index is 13.1. The first-order chi connectivity index (χ1) is 11.7. The second-order valence-electron chi connectivity index (χ2n) is 7.55. The fraction of sp³-hybridized carbons (Fsp3) is 0.526. The highest BCUT2D eigenvalue weighted by Gasteiger charge is 2.51. The number of likely N-dealkylation sites (tertiary alicyclic amines) is 1. The van der Waals surface area contributed by atoms with Crippen molar-refractivity contribution in [3.8, 4) is 0 Å². The van der Waals surface area contributed by atoms with Crippen molar-refractivity contribution in [2.75, 3.05) is 13.1 Å². The minimum absolute atomic E-state index is 0.0185. The largest absolute Gasteiger partial charge is 0.392 e. The third-order valence-corrected chi connectivity index (χ3v) is 5.26. The van der Waals surface area contributed by atoms with E-state index in [1.165, 1.54) is 0 Å². The fourth-order valence-corrected chi connectivity index (χ4v) is 3.91. The number of rotatable bonds is 3. The second-order valence-corrected chi connectivity index (χ2v) is 7.55. The normalized spacial score (nSPS) is 20.8. The number of halogens is 3. The highest BCUT2D eigenvalue weighted by molar-refractivity contribution is 5.84. The van der Waals surface area contributed by atoms with Gasteiger partial charge in [-0.1, -0.05) is 32.0 Å². The quantitative estimate of drug-likeness (QED) is 0.865. The fourth-order valence-electron chi connectivity index (χ4n) is 3.91. The van der Waals surface area contributed by atoms with Crippen LogP contribution >= 0.6 is 0 Å². The molecule has 0 aliphatic carbocycles. The van der Waals surface area contributed by atoms with Crippen LogP contribution in [0.5, 0.6) is 0 Å². The predicted octanol–water partition coefficient (Wildman–Crippen LogP) is 4.54. The number of carbonyl (C=O) groups excluding carboxylic acids is 1. The number of carbonyl (C=O) groups is 1. The Morgan fingerprint density at radius 3 is 2.72 bits per heavy atom. The molecule has 0 saturated carbocycles. The van der Waals surface area contributed by atoms with Gasteiger partial charge in [0.05, 0.1) is 5.92 Å². The maximum Gasteiger partial charge on any atom is 0.392 e. The van der Waals surface area contributed by atoms with Crippen molar-refractivity contribution in [3.05, 3.63) is 36.0 Å². The lowest BCUT2D eigenvalue weighted by Gasteiger charge is -2.44. The molecule has 1 unspecified atom stereocenters. The van der Waals surface area contributed by atoms with Crippen LogP contribution in [0.25, 0.3) is 10.9 Å². The predicted molar refractivity (Wildman–Crippen MR) is 91.1 cm³/mol. The Balaban J connectivity index is 1.63. The van der Waals surface area contributed by atoms with Gasteiger partial charge in [0.2, 0.25) is 5.91 Å². The van der Waals surface area contributed by atoms with Gasteiger partial charge in [0.25, 0.3) is 0 Å². The summed E-state index contributed by atoms with van der Waals surface area (Å²) in [6, 6.07) is 7.88. The molecule has 1 saturated heterocycles. The summed E-state index contributed by atoms with van der Waals surface area (Å²) < 4.78 is 39.4. The van der Waals surface area contributed by atoms with Gasteiger partial charge in [-0.25, -0.2) is 0 Å². The minimum Gasteiger partial charge on any atom is -0.361 e. The molecule has 0 radical (unpaired) electrons. The van der Waals surface area contributed by atoms with Gasteiger partial charge in [0.1, 0.15) is 0 Å². The van der Waals surface area contributed by atoms with Crippen LogP contribution in [-0.2, 0) is 11.2 Å². The molecule has 1 aromatic carbocycles. The van der Waals surface area contributed by atoms with E-state index in [0.717, 1.165) is 16.5 Å². The van der Waals surface area contributed by atoms with E-state index < -0.39 is 17.5 Å². The summed E-state index contributed by atoms with van der Waals surface area (Å²) in [7, 11) is 0. The van der Waals surface area contributed by atoms with Crippen LogP contribution in [0.4, 0.5) is 13.2 Å². The summed E-state index contributed by atoms with van der Waals surface area (Å²) in [6.07, 6.45) is -1.42. The van der Waals surface area contributed by atoms with Crippen LogP contribution in [0.2, 0.25) is 0 Å². The van der Waals surface area contributed by atoms with Gasteiger partial charge < -0.3 is 9.88 Å². The molecule has 6 heteroatoms. The number of aromatic amines is 1. The van der Waals surface area contributed by atoms with Crippen molar-refractivity contribution in [3.63, 3.8) is 0 Å². The summed E-state index contributed by atoms with van der Waals surface area (Å²) in [6.45, 7) is 3.54. The summed E-state index contributed by atoms with van der Waals surface area (Å²) in [5, 5.41) is 1.09. The van der Waals surface area contributed by atoms with Crippen LogP contribution in [-0.4, -0.2) is 35.1 Å².